The van der Waals surface area contributed by atoms with Gasteiger partial charge >= 0.3 is 0 Å². The topological polar surface area (TPSA) is 75.7 Å². The summed E-state index contributed by atoms with van der Waals surface area (Å²) in [5.74, 6) is 0.702. The molecule has 2 heterocycles. The summed E-state index contributed by atoms with van der Waals surface area (Å²) in [6.07, 6.45) is 2.32. The number of rotatable bonds is 7. The standard InChI is InChI=1S/C23H24N2O4S/c1-15-6-8-17(9-7-15)29-13-3-12-25-19-5-2-4-16(18(19)10-11-21(25)26)14-20-22(27)24-23(28)30-20/h2,4-9,20H,3,10-14H2,1H3,(H,24,27,28). The number of thioether (sulfide) groups is 1. The molecule has 1 saturated heterocycles. The van der Waals surface area contributed by atoms with Crippen LogP contribution < -0.4 is 15.0 Å². The molecule has 2 aliphatic rings. The van der Waals surface area contributed by atoms with Gasteiger partial charge in [-0.2, -0.15) is 0 Å². The SMILES string of the molecule is Cc1ccc(OCCCN2C(=O)CCc3c(CC4SC(=O)NC4=O)cccc32)cc1. The van der Waals surface area contributed by atoms with Gasteiger partial charge in [0.2, 0.25) is 11.8 Å². The molecule has 2 aromatic carbocycles. The molecule has 7 heteroatoms. The fourth-order valence-electron chi connectivity index (χ4n) is 3.87. The summed E-state index contributed by atoms with van der Waals surface area (Å²) in [5, 5.41) is 1.64. The van der Waals surface area contributed by atoms with Gasteiger partial charge in [0.15, 0.2) is 0 Å². The van der Waals surface area contributed by atoms with Gasteiger partial charge in [-0.3, -0.25) is 19.7 Å². The second-order valence-electron chi connectivity index (χ2n) is 7.56. The van der Waals surface area contributed by atoms with Crippen LogP contribution in [0, 0.1) is 6.92 Å². The smallest absolute Gasteiger partial charge is 0.286 e. The van der Waals surface area contributed by atoms with Crippen LogP contribution in [-0.2, 0) is 22.4 Å². The second-order valence-corrected chi connectivity index (χ2v) is 8.74. The number of anilines is 1. The number of ether oxygens (including phenoxy) is 1. The molecule has 0 bridgehead atoms. The Balaban J connectivity index is 1.42. The zero-order chi connectivity index (χ0) is 21.1. The third kappa shape index (κ3) is 4.51. The van der Waals surface area contributed by atoms with Crippen LogP contribution in [0.5, 0.6) is 5.75 Å². The molecular formula is C23H24N2O4S. The van der Waals surface area contributed by atoms with E-state index in [0.29, 0.717) is 32.4 Å². The number of hydrogen-bond donors (Lipinski definition) is 1. The molecule has 0 radical (unpaired) electrons. The number of aryl methyl sites for hydroxylation is 1. The number of carbonyl (C=O) groups is 3. The predicted molar refractivity (Wildman–Crippen MR) is 117 cm³/mol. The fraction of sp³-hybridized carbons (Fsp3) is 0.348. The summed E-state index contributed by atoms with van der Waals surface area (Å²) < 4.78 is 5.79. The van der Waals surface area contributed by atoms with Gasteiger partial charge in [0, 0.05) is 18.7 Å². The fourth-order valence-corrected chi connectivity index (χ4v) is 4.72. The van der Waals surface area contributed by atoms with Crippen LogP contribution in [-0.4, -0.2) is 35.5 Å². The Morgan fingerprint density at radius 1 is 1.10 bits per heavy atom. The van der Waals surface area contributed by atoms with Gasteiger partial charge in [0.05, 0.1) is 11.9 Å². The predicted octanol–water partition coefficient (Wildman–Crippen LogP) is 3.64. The lowest BCUT2D eigenvalue weighted by atomic mass is 9.93. The number of imide groups is 1. The molecule has 1 unspecified atom stereocenters. The van der Waals surface area contributed by atoms with E-state index in [1.807, 2.05) is 54.3 Å². The van der Waals surface area contributed by atoms with Crippen LogP contribution in [0.15, 0.2) is 42.5 Å². The number of benzene rings is 2. The summed E-state index contributed by atoms with van der Waals surface area (Å²) in [5.41, 5.74) is 4.23. The molecule has 0 aromatic heterocycles. The van der Waals surface area contributed by atoms with Crippen LogP contribution in [0.1, 0.15) is 29.5 Å². The molecule has 0 saturated carbocycles. The van der Waals surface area contributed by atoms with Gasteiger partial charge in [-0.05, 0) is 55.5 Å². The molecule has 1 N–H and O–H groups in total. The maximum atomic E-state index is 12.6. The van der Waals surface area contributed by atoms with Crippen LogP contribution in [0.2, 0.25) is 0 Å². The lowest BCUT2D eigenvalue weighted by molar-refractivity contribution is -0.119. The van der Waals surface area contributed by atoms with Crippen molar-refractivity contribution in [3.63, 3.8) is 0 Å². The summed E-state index contributed by atoms with van der Waals surface area (Å²) >= 11 is 1.04. The van der Waals surface area contributed by atoms with Gasteiger partial charge < -0.3 is 9.64 Å². The molecule has 0 spiro atoms. The highest BCUT2D eigenvalue weighted by atomic mass is 32.2. The van der Waals surface area contributed by atoms with Crippen LogP contribution >= 0.6 is 11.8 Å². The first-order valence-electron chi connectivity index (χ1n) is 10.1. The van der Waals surface area contributed by atoms with Crippen molar-refractivity contribution >= 4 is 34.5 Å². The zero-order valence-electron chi connectivity index (χ0n) is 16.8. The lowest BCUT2D eigenvalue weighted by Gasteiger charge is -2.31. The zero-order valence-corrected chi connectivity index (χ0v) is 17.7. The third-order valence-electron chi connectivity index (χ3n) is 5.42. The Morgan fingerprint density at radius 3 is 2.63 bits per heavy atom. The second kappa shape index (κ2) is 8.92. The van der Waals surface area contributed by atoms with E-state index in [4.69, 9.17) is 4.74 Å². The van der Waals surface area contributed by atoms with E-state index in [9.17, 15) is 14.4 Å². The molecule has 3 amide bonds. The molecule has 1 fully saturated rings. The number of hydrogen-bond acceptors (Lipinski definition) is 5. The quantitative estimate of drug-likeness (QED) is 0.687. The minimum Gasteiger partial charge on any atom is -0.494 e. The number of nitrogens with zero attached hydrogens (tertiary/aromatic N) is 1. The van der Waals surface area contributed by atoms with Crippen molar-refractivity contribution in [1.82, 2.24) is 5.32 Å². The highest BCUT2D eigenvalue weighted by Crippen LogP contribution is 2.33. The highest BCUT2D eigenvalue weighted by Gasteiger charge is 2.33. The van der Waals surface area contributed by atoms with Gasteiger partial charge in [0.25, 0.3) is 5.24 Å². The molecule has 0 aliphatic carbocycles. The Morgan fingerprint density at radius 2 is 1.90 bits per heavy atom. The van der Waals surface area contributed by atoms with Crippen molar-refractivity contribution in [2.75, 3.05) is 18.1 Å². The number of amides is 3. The van der Waals surface area contributed by atoms with Gasteiger partial charge in [0.1, 0.15) is 5.75 Å². The van der Waals surface area contributed by atoms with E-state index in [0.717, 1.165) is 40.7 Å². The summed E-state index contributed by atoms with van der Waals surface area (Å²) in [4.78, 5) is 37.8. The Labute approximate surface area is 180 Å². The number of carbonyl (C=O) groups excluding carboxylic acids is 3. The molecule has 156 valence electrons. The Hall–Kier alpha value is -2.80. The molecule has 2 aliphatic heterocycles. The largest absolute Gasteiger partial charge is 0.494 e. The van der Waals surface area contributed by atoms with Crippen molar-refractivity contribution in [1.29, 1.82) is 0 Å². The lowest BCUT2D eigenvalue weighted by Crippen LogP contribution is -2.37. The highest BCUT2D eigenvalue weighted by molar-refractivity contribution is 8.15. The average molecular weight is 425 g/mol. The van der Waals surface area contributed by atoms with E-state index in [1.54, 1.807) is 0 Å². The van der Waals surface area contributed by atoms with E-state index in [-0.39, 0.29) is 17.1 Å². The van der Waals surface area contributed by atoms with Crippen molar-refractivity contribution in [2.24, 2.45) is 0 Å². The van der Waals surface area contributed by atoms with Crippen molar-refractivity contribution in [3.8, 4) is 5.75 Å². The number of fused-ring (bicyclic) bond motifs is 1. The molecule has 30 heavy (non-hydrogen) atoms. The third-order valence-corrected chi connectivity index (χ3v) is 6.40. The molecular weight excluding hydrogens is 400 g/mol. The molecule has 4 rings (SSSR count). The van der Waals surface area contributed by atoms with Crippen molar-refractivity contribution < 1.29 is 19.1 Å². The Kier molecular flexibility index (Phi) is 6.08. The van der Waals surface area contributed by atoms with E-state index < -0.39 is 5.25 Å². The maximum absolute atomic E-state index is 12.6. The van der Waals surface area contributed by atoms with Crippen LogP contribution in [0.4, 0.5) is 10.5 Å². The first-order chi connectivity index (χ1) is 14.5. The minimum absolute atomic E-state index is 0.109. The monoisotopic (exact) mass is 424 g/mol. The molecule has 1 atom stereocenters. The average Bonchev–Trinajstić information content (AvgIpc) is 3.04. The summed E-state index contributed by atoms with van der Waals surface area (Å²) in [6.45, 7) is 3.15. The Bertz CT molecular complexity index is 974. The minimum atomic E-state index is -0.405. The molecule has 6 nitrogen and oxygen atoms in total. The van der Waals surface area contributed by atoms with Gasteiger partial charge in [-0.15, -0.1) is 0 Å². The maximum Gasteiger partial charge on any atom is 0.286 e. The van der Waals surface area contributed by atoms with E-state index in [1.165, 1.54) is 5.56 Å². The van der Waals surface area contributed by atoms with E-state index >= 15 is 0 Å². The summed E-state index contributed by atoms with van der Waals surface area (Å²) in [7, 11) is 0. The first kappa shape index (κ1) is 20.5. The molecule has 2 aromatic rings. The van der Waals surface area contributed by atoms with E-state index in [2.05, 4.69) is 5.32 Å². The van der Waals surface area contributed by atoms with Gasteiger partial charge in [-0.25, -0.2) is 0 Å². The van der Waals surface area contributed by atoms with Crippen LogP contribution in [0.3, 0.4) is 0 Å². The normalized spacial score (nSPS) is 18.4. The van der Waals surface area contributed by atoms with Crippen molar-refractivity contribution in [3.05, 3.63) is 59.2 Å². The number of nitrogens with one attached hydrogen (secondary N) is 1. The van der Waals surface area contributed by atoms with Crippen LogP contribution in [0.25, 0.3) is 0 Å². The van der Waals surface area contributed by atoms with Crippen molar-refractivity contribution in [2.45, 2.75) is 37.9 Å². The first-order valence-corrected chi connectivity index (χ1v) is 11.0. The van der Waals surface area contributed by atoms with Gasteiger partial charge in [-0.1, -0.05) is 41.6 Å². The summed E-state index contributed by atoms with van der Waals surface area (Å²) in [6, 6.07) is 13.8.